The fourth-order valence-corrected chi connectivity index (χ4v) is 2.95. The smallest absolute Gasteiger partial charge is 0.258 e. The maximum atomic E-state index is 12.0. The minimum atomic E-state index is -0.244. The monoisotopic (exact) mass is 349 g/mol. The van der Waals surface area contributed by atoms with Gasteiger partial charge in [0.1, 0.15) is 6.26 Å². The number of hydrogen-bond donors (Lipinski definition) is 1. The molecule has 1 saturated heterocycles. The molecule has 0 atom stereocenters. The molecule has 1 aliphatic heterocycles. The Balaban J connectivity index is 1.35. The molecule has 0 unspecified atom stereocenters. The van der Waals surface area contributed by atoms with E-state index in [0.29, 0.717) is 17.2 Å². The second-order valence-corrected chi connectivity index (χ2v) is 6.05. The van der Waals surface area contributed by atoms with Gasteiger partial charge in [-0.2, -0.15) is 0 Å². The van der Waals surface area contributed by atoms with E-state index < -0.39 is 0 Å². The van der Waals surface area contributed by atoms with Gasteiger partial charge in [-0.05, 0) is 18.2 Å². The summed E-state index contributed by atoms with van der Waals surface area (Å²) in [5.41, 5.74) is 2.26. The van der Waals surface area contributed by atoms with Gasteiger partial charge in [-0.3, -0.25) is 4.79 Å². The summed E-state index contributed by atoms with van der Waals surface area (Å²) in [6.07, 6.45) is 6.12. The highest BCUT2D eigenvalue weighted by molar-refractivity contribution is 6.03. The van der Waals surface area contributed by atoms with Crippen LogP contribution in [0.1, 0.15) is 10.4 Å². The van der Waals surface area contributed by atoms with Crippen molar-refractivity contribution in [2.24, 2.45) is 0 Å². The molecule has 1 aliphatic rings. The number of aromatic nitrogens is 2. The molecule has 1 fully saturated rings. The number of hydrogen-bond acceptors (Lipinski definition) is 6. The molecule has 3 heterocycles. The molecule has 0 saturated carbocycles. The zero-order chi connectivity index (χ0) is 17.8. The minimum absolute atomic E-state index is 0.244. The van der Waals surface area contributed by atoms with Crippen molar-refractivity contribution in [1.29, 1.82) is 0 Å². The quantitative estimate of drug-likeness (QED) is 0.780. The van der Waals surface area contributed by atoms with Crippen LogP contribution in [-0.2, 0) is 0 Å². The fourth-order valence-electron chi connectivity index (χ4n) is 2.95. The number of amides is 1. The summed E-state index contributed by atoms with van der Waals surface area (Å²) >= 11 is 0. The first-order valence-electron chi connectivity index (χ1n) is 8.50. The van der Waals surface area contributed by atoms with E-state index in [2.05, 4.69) is 49.4 Å². The average Bonchev–Trinajstić information content (AvgIpc) is 3.25. The van der Waals surface area contributed by atoms with Crippen LogP contribution < -0.4 is 15.1 Å². The predicted molar refractivity (Wildman–Crippen MR) is 99.6 cm³/mol. The Kier molecular flexibility index (Phi) is 4.51. The average molecular weight is 349 g/mol. The van der Waals surface area contributed by atoms with Crippen molar-refractivity contribution in [3.63, 3.8) is 0 Å². The number of rotatable bonds is 4. The Hall–Kier alpha value is -3.35. The highest BCUT2D eigenvalue weighted by Crippen LogP contribution is 2.18. The lowest BCUT2D eigenvalue weighted by Gasteiger charge is -2.36. The maximum Gasteiger partial charge on any atom is 0.258 e. The van der Waals surface area contributed by atoms with Crippen molar-refractivity contribution in [1.82, 2.24) is 9.97 Å². The number of para-hydroxylation sites is 1. The van der Waals surface area contributed by atoms with Crippen LogP contribution >= 0.6 is 0 Å². The van der Waals surface area contributed by atoms with E-state index in [1.165, 1.54) is 18.2 Å². The normalized spacial score (nSPS) is 14.3. The summed E-state index contributed by atoms with van der Waals surface area (Å²) in [5, 5.41) is 2.75. The van der Waals surface area contributed by atoms with E-state index in [1.807, 2.05) is 6.07 Å². The lowest BCUT2D eigenvalue weighted by molar-refractivity contribution is 0.102. The molecule has 4 rings (SSSR count). The molecule has 3 aromatic rings. The Morgan fingerprint density at radius 2 is 1.65 bits per heavy atom. The summed E-state index contributed by atoms with van der Waals surface area (Å²) in [4.78, 5) is 25.3. The standard InChI is InChI=1S/C19H19N5O2/c25-18(15-6-11-26-14-15)22-16-12-20-19(21-13-16)24-9-7-23(8-10-24)17-4-2-1-3-5-17/h1-6,11-14H,7-10H2,(H,22,25). The molecule has 7 nitrogen and oxygen atoms in total. The van der Waals surface area contributed by atoms with E-state index in [9.17, 15) is 4.79 Å². The molecule has 1 N–H and O–H groups in total. The molecule has 0 bridgehead atoms. The van der Waals surface area contributed by atoms with E-state index in [-0.39, 0.29) is 5.91 Å². The van der Waals surface area contributed by atoms with Crippen molar-refractivity contribution >= 4 is 23.2 Å². The molecular formula is C19H19N5O2. The number of carbonyl (C=O) groups excluding carboxylic acids is 1. The largest absolute Gasteiger partial charge is 0.472 e. The molecule has 1 amide bonds. The summed E-state index contributed by atoms with van der Waals surface area (Å²) < 4.78 is 4.91. The molecule has 0 aliphatic carbocycles. The highest BCUT2D eigenvalue weighted by atomic mass is 16.3. The van der Waals surface area contributed by atoms with Gasteiger partial charge in [-0.15, -0.1) is 0 Å². The third-order valence-electron chi connectivity index (χ3n) is 4.36. The van der Waals surface area contributed by atoms with Gasteiger partial charge in [0.15, 0.2) is 0 Å². The first-order chi connectivity index (χ1) is 12.8. The third-order valence-corrected chi connectivity index (χ3v) is 4.36. The van der Waals surface area contributed by atoms with Gasteiger partial charge in [0, 0.05) is 31.9 Å². The number of anilines is 3. The van der Waals surface area contributed by atoms with Gasteiger partial charge in [0.25, 0.3) is 5.91 Å². The van der Waals surface area contributed by atoms with Crippen LogP contribution in [0.25, 0.3) is 0 Å². The van der Waals surface area contributed by atoms with Crippen molar-refractivity contribution in [2.45, 2.75) is 0 Å². The fraction of sp³-hybridized carbons (Fsp3) is 0.211. The van der Waals surface area contributed by atoms with E-state index >= 15 is 0 Å². The molecular weight excluding hydrogens is 330 g/mol. The van der Waals surface area contributed by atoms with Gasteiger partial charge in [0.05, 0.1) is 29.9 Å². The van der Waals surface area contributed by atoms with Gasteiger partial charge in [-0.1, -0.05) is 18.2 Å². The minimum Gasteiger partial charge on any atom is -0.472 e. The summed E-state index contributed by atoms with van der Waals surface area (Å²) in [7, 11) is 0. The molecule has 132 valence electrons. The third kappa shape index (κ3) is 3.51. The van der Waals surface area contributed by atoms with Gasteiger partial charge < -0.3 is 19.5 Å². The Bertz CT molecular complexity index is 841. The lowest BCUT2D eigenvalue weighted by Crippen LogP contribution is -2.47. The van der Waals surface area contributed by atoms with Crippen molar-refractivity contribution < 1.29 is 9.21 Å². The van der Waals surface area contributed by atoms with Crippen LogP contribution in [0.4, 0.5) is 17.3 Å². The summed E-state index contributed by atoms with van der Waals surface area (Å²) in [6, 6.07) is 12.0. The van der Waals surface area contributed by atoms with E-state index in [0.717, 1.165) is 26.2 Å². The molecule has 0 spiro atoms. The van der Waals surface area contributed by atoms with Crippen LogP contribution in [-0.4, -0.2) is 42.1 Å². The van der Waals surface area contributed by atoms with Gasteiger partial charge in [-0.25, -0.2) is 9.97 Å². The second-order valence-electron chi connectivity index (χ2n) is 6.05. The van der Waals surface area contributed by atoms with Crippen LogP contribution in [0.3, 0.4) is 0 Å². The van der Waals surface area contributed by atoms with Crippen LogP contribution in [0.2, 0.25) is 0 Å². The lowest BCUT2D eigenvalue weighted by atomic mass is 10.2. The molecule has 0 radical (unpaired) electrons. The van der Waals surface area contributed by atoms with Crippen molar-refractivity contribution in [3.05, 3.63) is 66.9 Å². The summed E-state index contributed by atoms with van der Waals surface area (Å²) in [5.74, 6) is 0.436. The summed E-state index contributed by atoms with van der Waals surface area (Å²) in [6.45, 7) is 3.56. The zero-order valence-electron chi connectivity index (χ0n) is 14.2. The van der Waals surface area contributed by atoms with Crippen LogP contribution in [0.15, 0.2) is 65.7 Å². The van der Waals surface area contributed by atoms with Crippen LogP contribution in [0, 0.1) is 0 Å². The van der Waals surface area contributed by atoms with Crippen molar-refractivity contribution in [3.8, 4) is 0 Å². The number of carbonyl (C=O) groups is 1. The number of furan rings is 1. The Morgan fingerprint density at radius 3 is 2.31 bits per heavy atom. The topological polar surface area (TPSA) is 74.5 Å². The molecule has 7 heteroatoms. The molecule has 1 aromatic carbocycles. The number of nitrogens with one attached hydrogen (secondary N) is 1. The first kappa shape index (κ1) is 16.1. The Morgan fingerprint density at radius 1 is 0.962 bits per heavy atom. The zero-order valence-corrected chi connectivity index (χ0v) is 14.2. The maximum absolute atomic E-state index is 12.0. The molecule has 2 aromatic heterocycles. The highest BCUT2D eigenvalue weighted by Gasteiger charge is 2.19. The van der Waals surface area contributed by atoms with E-state index in [1.54, 1.807) is 18.5 Å². The van der Waals surface area contributed by atoms with Crippen molar-refractivity contribution in [2.75, 3.05) is 41.3 Å². The van der Waals surface area contributed by atoms with Gasteiger partial charge in [0.2, 0.25) is 5.95 Å². The number of nitrogens with zero attached hydrogens (tertiary/aromatic N) is 4. The predicted octanol–water partition coefficient (Wildman–Crippen LogP) is 2.65. The first-order valence-corrected chi connectivity index (χ1v) is 8.50. The Labute approximate surface area is 151 Å². The number of piperazine rings is 1. The second kappa shape index (κ2) is 7.26. The SMILES string of the molecule is O=C(Nc1cnc(N2CCN(c3ccccc3)CC2)nc1)c1ccoc1. The number of benzene rings is 1. The molecule has 26 heavy (non-hydrogen) atoms. The van der Waals surface area contributed by atoms with Gasteiger partial charge >= 0.3 is 0 Å². The van der Waals surface area contributed by atoms with Crippen LogP contribution in [0.5, 0.6) is 0 Å². The van der Waals surface area contributed by atoms with E-state index in [4.69, 9.17) is 4.42 Å².